The number of rotatable bonds is 2. The second-order valence-electron chi connectivity index (χ2n) is 5.45. The number of para-hydroxylation sites is 1. The topological polar surface area (TPSA) is 39.8 Å². The van der Waals surface area contributed by atoms with Crippen molar-refractivity contribution in [2.24, 2.45) is 0 Å². The summed E-state index contributed by atoms with van der Waals surface area (Å²) in [5.74, 6) is -0.688. The van der Waals surface area contributed by atoms with Crippen LogP contribution >= 0.6 is 0 Å². The molecule has 0 fully saturated rings. The summed E-state index contributed by atoms with van der Waals surface area (Å²) in [6.07, 6.45) is 0. The zero-order chi connectivity index (χ0) is 16.5. The molecule has 0 atom stereocenters. The van der Waals surface area contributed by atoms with Crippen molar-refractivity contribution in [2.75, 3.05) is 0 Å². The van der Waals surface area contributed by atoms with Gasteiger partial charge < -0.3 is 5.11 Å². The van der Waals surface area contributed by atoms with Crippen LogP contribution in [0.2, 0.25) is 0 Å². The van der Waals surface area contributed by atoms with E-state index in [9.17, 15) is 9.50 Å². The maximum absolute atomic E-state index is 13.6. The van der Waals surface area contributed by atoms with E-state index in [1.54, 1.807) is 4.68 Å². The standard InChI is InChI=1S/C20H13FN2O/c21-15-11-12-18-17(13-15)20(24)19(14-7-3-1-4-8-14)23(22-18)16-9-5-2-6-10-16/h1-13H. The molecule has 116 valence electrons. The predicted molar refractivity (Wildman–Crippen MR) is 88.1 cm³/mol. The SMILES string of the molecule is [O-]c1c(-c2ccccc2)[n+](-c2ccccc2)nc2ccc(F)cc12. The summed E-state index contributed by atoms with van der Waals surface area (Å²) in [5.41, 5.74) is 2.40. The number of benzene rings is 3. The van der Waals surface area contributed by atoms with Crippen LogP contribution in [0.1, 0.15) is 0 Å². The van der Waals surface area contributed by atoms with Crippen molar-refractivity contribution in [2.45, 2.75) is 0 Å². The minimum absolute atomic E-state index is 0.241. The van der Waals surface area contributed by atoms with Gasteiger partial charge in [0.15, 0.2) is 0 Å². The molecule has 0 aliphatic heterocycles. The van der Waals surface area contributed by atoms with Crippen LogP contribution in [0, 0.1) is 5.82 Å². The van der Waals surface area contributed by atoms with E-state index in [0.29, 0.717) is 11.2 Å². The van der Waals surface area contributed by atoms with Gasteiger partial charge >= 0.3 is 0 Å². The van der Waals surface area contributed by atoms with E-state index in [-0.39, 0.29) is 11.1 Å². The summed E-state index contributed by atoms with van der Waals surface area (Å²) in [7, 11) is 0. The first-order valence-electron chi connectivity index (χ1n) is 7.57. The van der Waals surface area contributed by atoms with Gasteiger partial charge in [-0.2, -0.15) is 0 Å². The van der Waals surface area contributed by atoms with Gasteiger partial charge in [0, 0.05) is 28.2 Å². The van der Waals surface area contributed by atoms with Crippen molar-refractivity contribution in [3.63, 3.8) is 0 Å². The molecule has 4 aromatic rings. The average Bonchev–Trinajstić information content (AvgIpc) is 2.63. The zero-order valence-electron chi connectivity index (χ0n) is 12.7. The molecule has 1 heterocycles. The first kappa shape index (κ1) is 14.3. The van der Waals surface area contributed by atoms with Crippen LogP contribution in [0.25, 0.3) is 27.8 Å². The molecule has 0 N–H and O–H groups in total. The Morgan fingerprint density at radius 1 is 0.833 bits per heavy atom. The number of hydrogen-bond acceptors (Lipinski definition) is 2. The lowest BCUT2D eigenvalue weighted by Gasteiger charge is -2.14. The third-order valence-corrected chi connectivity index (χ3v) is 3.89. The molecule has 1 aromatic heterocycles. The van der Waals surface area contributed by atoms with Crippen molar-refractivity contribution in [1.29, 1.82) is 0 Å². The second-order valence-corrected chi connectivity index (χ2v) is 5.45. The maximum atomic E-state index is 13.6. The van der Waals surface area contributed by atoms with Gasteiger partial charge in [0.2, 0.25) is 11.4 Å². The van der Waals surface area contributed by atoms with Crippen molar-refractivity contribution >= 4 is 10.9 Å². The van der Waals surface area contributed by atoms with Crippen molar-refractivity contribution in [3.05, 3.63) is 84.7 Å². The summed E-state index contributed by atoms with van der Waals surface area (Å²) in [6, 6.07) is 22.8. The molecule has 0 amide bonds. The van der Waals surface area contributed by atoms with E-state index >= 15 is 0 Å². The monoisotopic (exact) mass is 316 g/mol. The summed E-state index contributed by atoms with van der Waals surface area (Å²) in [4.78, 5) is 0. The summed E-state index contributed by atoms with van der Waals surface area (Å²) in [5, 5.41) is 17.9. The highest BCUT2D eigenvalue weighted by molar-refractivity contribution is 5.88. The Morgan fingerprint density at radius 2 is 1.50 bits per heavy atom. The summed E-state index contributed by atoms with van der Waals surface area (Å²) < 4.78 is 15.2. The van der Waals surface area contributed by atoms with E-state index in [0.717, 1.165) is 11.3 Å². The highest BCUT2D eigenvalue weighted by Gasteiger charge is 2.21. The Labute approximate surface area is 138 Å². The van der Waals surface area contributed by atoms with Gasteiger partial charge in [-0.1, -0.05) is 36.4 Å². The van der Waals surface area contributed by atoms with Crippen molar-refractivity contribution < 1.29 is 14.2 Å². The first-order chi connectivity index (χ1) is 11.7. The van der Waals surface area contributed by atoms with Crippen molar-refractivity contribution in [1.82, 2.24) is 5.10 Å². The average molecular weight is 316 g/mol. The first-order valence-corrected chi connectivity index (χ1v) is 7.57. The maximum Gasteiger partial charge on any atom is 0.238 e. The molecule has 3 nitrogen and oxygen atoms in total. The Bertz CT molecular complexity index is 1020. The van der Waals surface area contributed by atoms with Gasteiger partial charge in [-0.25, -0.2) is 4.39 Å². The Morgan fingerprint density at radius 3 is 2.21 bits per heavy atom. The van der Waals surface area contributed by atoms with E-state index < -0.39 is 5.82 Å². The van der Waals surface area contributed by atoms with Gasteiger partial charge in [0.25, 0.3) is 0 Å². The van der Waals surface area contributed by atoms with Gasteiger partial charge in [-0.15, -0.1) is 0 Å². The van der Waals surface area contributed by atoms with Gasteiger partial charge in [-0.3, -0.25) is 0 Å². The third kappa shape index (κ3) is 2.38. The smallest absolute Gasteiger partial charge is 0.238 e. The zero-order valence-corrected chi connectivity index (χ0v) is 12.7. The fourth-order valence-electron chi connectivity index (χ4n) is 2.76. The number of halogens is 1. The molecule has 0 saturated heterocycles. The number of nitrogens with zero attached hydrogens (tertiary/aromatic N) is 2. The highest BCUT2D eigenvalue weighted by atomic mass is 19.1. The number of hydrogen-bond donors (Lipinski definition) is 0. The fraction of sp³-hybridized carbons (Fsp3) is 0. The van der Waals surface area contributed by atoms with Crippen LogP contribution in [0.5, 0.6) is 5.75 Å². The molecule has 4 heteroatoms. The molecule has 0 aliphatic carbocycles. The normalized spacial score (nSPS) is 10.9. The molecule has 0 bridgehead atoms. The van der Waals surface area contributed by atoms with Gasteiger partial charge in [0.1, 0.15) is 11.3 Å². The summed E-state index contributed by atoms with van der Waals surface area (Å²) in [6.45, 7) is 0. The lowest BCUT2D eigenvalue weighted by Crippen LogP contribution is -2.38. The largest absolute Gasteiger partial charge is 0.867 e. The Balaban J connectivity index is 2.12. The lowest BCUT2D eigenvalue weighted by atomic mass is 10.1. The minimum Gasteiger partial charge on any atom is -0.867 e. The molecule has 0 saturated carbocycles. The molecule has 4 rings (SSSR count). The van der Waals surface area contributed by atoms with Crippen LogP contribution in [0.3, 0.4) is 0 Å². The van der Waals surface area contributed by atoms with Crippen molar-refractivity contribution in [3.8, 4) is 22.7 Å². The highest BCUT2D eigenvalue weighted by Crippen LogP contribution is 2.30. The molecule has 0 radical (unpaired) electrons. The molecular weight excluding hydrogens is 303 g/mol. The third-order valence-electron chi connectivity index (χ3n) is 3.89. The van der Waals surface area contributed by atoms with E-state index in [2.05, 4.69) is 5.10 Å². The molecular formula is C20H13FN2O. The van der Waals surface area contributed by atoms with Gasteiger partial charge in [0.05, 0.1) is 0 Å². The summed E-state index contributed by atoms with van der Waals surface area (Å²) >= 11 is 0. The Kier molecular flexibility index (Phi) is 3.43. The van der Waals surface area contributed by atoms with Crippen LogP contribution in [-0.4, -0.2) is 5.10 Å². The molecule has 0 spiro atoms. The van der Waals surface area contributed by atoms with Crippen LogP contribution in [0.15, 0.2) is 78.9 Å². The van der Waals surface area contributed by atoms with Crippen LogP contribution in [0.4, 0.5) is 4.39 Å². The number of fused-ring (bicyclic) bond motifs is 1. The molecule has 0 unspecified atom stereocenters. The predicted octanol–water partition coefficient (Wildman–Crippen LogP) is 3.39. The molecule has 0 aliphatic rings. The van der Waals surface area contributed by atoms with Crippen LogP contribution in [-0.2, 0) is 0 Å². The van der Waals surface area contributed by atoms with E-state index in [1.807, 2.05) is 60.7 Å². The van der Waals surface area contributed by atoms with E-state index in [1.165, 1.54) is 18.2 Å². The quantitative estimate of drug-likeness (QED) is 0.532. The van der Waals surface area contributed by atoms with E-state index in [4.69, 9.17) is 0 Å². The Hall–Kier alpha value is -3.27. The number of aromatic nitrogens is 2. The molecule has 24 heavy (non-hydrogen) atoms. The second kappa shape index (κ2) is 5.74. The lowest BCUT2D eigenvalue weighted by molar-refractivity contribution is -0.648. The minimum atomic E-state index is -0.446. The van der Waals surface area contributed by atoms with Gasteiger partial charge in [-0.05, 0) is 40.8 Å². The van der Waals surface area contributed by atoms with Crippen LogP contribution < -0.4 is 9.79 Å². The molecule has 3 aromatic carbocycles. The fourth-order valence-corrected chi connectivity index (χ4v) is 2.76.